The minimum Gasteiger partial charge on any atom is -0.384 e. The largest absolute Gasteiger partial charge is 0.384 e. The lowest BCUT2D eigenvalue weighted by molar-refractivity contribution is -0.157. The van der Waals surface area contributed by atoms with Crippen LogP contribution in [-0.4, -0.2) is 107 Å². The summed E-state index contributed by atoms with van der Waals surface area (Å²) >= 11 is 1.35. The zero-order chi connectivity index (χ0) is 29.6. The van der Waals surface area contributed by atoms with E-state index in [0.717, 1.165) is 44.7 Å². The first-order valence-corrected chi connectivity index (χ1v) is 15.7. The summed E-state index contributed by atoms with van der Waals surface area (Å²) in [7, 11) is 3.59. The number of likely N-dealkylation sites (tertiary alicyclic amines) is 1. The van der Waals surface area contributed by atoms with Crippen molar-refractivity contribution >= 4 is 35.0 Å². The Bertz CT molecular complexity index is 1250. The molecule has 4 atom stereocenters. The van der Waals surface area contributed by atoms with Gasteiger partial charge in [0.1, 0.15) is 23.2 Å². The normalized spacial score (nSPS) is 23.1. The maximum absolute atomic E-state index is 13.8. The molecule has 1 aromatic carbocycles. The van der Waals surface area contributed by atoms with Gasteiger partial charge in [-0.25, -0.2) is 4.98 Å². The van der Waals surface area contributed by atoms with E-state index in [0.29, 0.717) is 24.4 Å². The highest BCUT2D eigenvalue weighted by Crippen LogP contribution is 2.33. The monoisotopic (exact) mass is 595 g/mol. The van der Waals surface area contributed by atoms with Crippen molar-refractivity contribution in [1.82, 2.24) is 30.3 Å². The van der Waals surface area contributed by atoms with E-state index in [4.69, 9.17) is 0 Å². The molecule has 3 amide bonds. The van der Waals surface area contributed by atoms with E-state index < -0.39 is 24.2 Å². The molecule has 4 heterocycles. The maximum atomic E-state index is 13.8. The molecule has 3 N–H and O–H groups in total. The predicted octanol–water partition coefficient (Wildman–Crippen LogP) is 1.41. The first-order valence-electron chi connectivity index (χ1n) is 14.8. The van der Waals surface area contributed by atoms with E-state index in [1.807, 2.05) is 30.6 Å². The Morgan fingerprint density at radius 3 is 2.60 bits per heavy atom. The highest BCUT2D eigenvalue weighted by molar-refractivity contribution is 7.09. The number of amides is 3. The zero-order valence-corrected chi connectivity index (χ0v) is 25.1. The van der Waals surface area contributed by atoms with Gasteiger partial charge in [-0.15, -0.1) is 11.3 Å². The van der Waals surface area contributed by atoms with Crippen LogP contribution in [0.1, 0.15) is 48.8 Å². The quantitative estimate of drug-likeness (QED) is 0.295. The summed E-state index contributed by atoms with van der Waals surface area (Å²) in [5.74, 6) is 0.234. The van der Waals surface area contributed by atoms with Crippen LogP contribution in [0.3, 0.4) is 0 Å². The van der Waals surface area contributed by atoms with Gasteiger partial charge < -0.3 is 30.4 Å². The summed E-state index contributed by atoms with van der Waals surface area (Å²) < 4.78 is 0. The van der Waals surface area contributed by atoms with Crippen LogP contribution in [0, 0.1) is 5.92 Å². The van der Waals surface area contributed by atoms with Crippen molar-refractivity contribution in [2.24, 2.45) is 10.9 Å². The third kappa shape index (κ3) is 6.44. The molecule has 2 aromatic rings. The first-order chi connectivity index (χ1) is 20.4. The fourth-order valence-electron chi connectivity index (χ4n) is 6.63. The summed E-state index contributed by atoms with van der Waals surface area (Å²) in [6.07, 6.45) is 4.66. The molecule has 5 rings (SSSR count). The number of carbonyl (C=O) groups excluding carboxylic acids is 3. The number of aliphatic hydroxyl groups excluding tert-OH is 1. The molecule has 3 fully saturated rings. The Labute approximate surface area is 251 Å². The van der Waals surface area contributed by atoms with Crippen LogP contribution in [0.4, 0.5) is 0 Å². The molecular formula is C30H41N7O4S. The van der Waals surface area contributed by atoms with Crippen LogP contribution in [0.15, 0.2) is 46.9 Å². The molecule has 42 heavy (non-hydrogen) atoms. The average Bonchev–Trinajstić information content (AvgIpc) is 3.71. The maximum Gasteiger partial charge on any atom is 0.245 e. The molecule has 11 nitrogen and oxygen atoms in total. The molecule has 0 bridgehead atoms. The number of aliphatic hydroxyl groups is 1. The molecule has 0 radical (unpaired) electrons. The predicted molar refractivity (Wildman–Crippen MR) is 161 cm³/mol. The fraction of sp³-hybridized carbons (Fsp3) is 0.567. The van der Waals surface area contributed by atoms with Gasteiger partial charge in [0.2, 0.25) is 17.7 Å². The lowest BCUT2D eigenvalue weighted by Gasteiger charge is -2.41. The van der Waals surface area contributed by atoms with Crippen LogP contribution >= 0.6 is 11.3 Å². The van der Waals surface area contributed by atoms with Crippen LogP contribution in [0.5, 0.6) is 0 Å². The minimum atomic E-state index is -0.967. The van der Waals surface area contributed by atoms with Gasteiger partial charge in [-0.1, -0.05) is 30.3 Å². The molecule has 226 valence electrons. The second-order valence-electron chi connectivity index (χ2n) is 11.2. The Morgan fingerprint density at radius 1 is 1.17 bits per heavy atom. The number of guanidine groups is 1. The van der Waals surface area contributed by atoms with Gasteiger partial charge in [0.15, 0.2) is 5.96 Å². The Balaban J connectivity index is 1.23. The van der Waals surface area contributed by atoms with E-state index in [-0.39, 0.29) is 30.2 Å². The second-order valence-corrected chi connectivity index (χ2v) is 12.2. The summed E-state index contributed by atoms with van der Waals surface area (Å²) in [4.78, 5) is 54.4. The number of fused-ring (bicyclic) bond motifs is 1. The number of aliphatic imine (C=N–C) groups is 1. The van der Waals surface area contributed by atoms with Crippen molar-refractivity contribution in [2.45, 2.75) is 62.8 Å². The van der Waals surface area contributed by atoms with Crippen molar-refractivity contribution in [3.8, 4) is 0 Å². The van der Waals surface area contributed by atoms with Gasteiger partial charge in [0.25, 0.3) is 0 Å². The van der Waals surface area contributed by atoms with E-state index in [1.165, 1.54) is 21.8 Å². The standard InChI is InChI=1S/C30H41N7O4S/c1-31-30(32-2)35-16-12-21(13-17-35)25(26(39)28-33-14-18-42-28)34-27(40)22-10-11-23-29(41)36(19-24(38)37(22)23)15-6-9-20-7-4-3-5-8-20/h3-5,7-8,14,18,21-23,25-26,39H,6,9-13,15-17,19H2,1-2H3,(H,31,32)(H,34,40)/t22-,23-,25-,26?/m0/s1. The zero-order valence-electron chi connectivity index (χ0n) is 24.3. The molecule has 1 unspecified atom stereocenters. The molecular weight excluding hydrogens is 554 g/mol. The van der Waals surface area contributed by atoms with Crippen molar-refractivity contribution in [3.05, 3.63) is 52.5 Å². The molecule has 0 aliphatic carbocycles. The topological polar surface area (TPSA) is 130 Å². The van der Waals surface area contributed by atoms with Crippen LogP contribution in [-0.2, 0) is 20.8 Å². The average molecular weight is 596 g/mol. The Morgan fingerprint density at radius 2 is 1.93 bits per heavy atom. The SMILES string of the molecule is CN=C(NC)N1CCC([C@H](NC(=O)[C@@H]2CC[C@H]3C(=O)N(CCCc4ccccc4)CC(=O)N23)C(O)c2nccs2)CC1. The third-order valence-electron chi connectivity index (χ3n) is 8.77. The third-order valence-corrected chi connectivity index (χ3v) is 9.62. The van der Waals surface area contributed by atoms with E-state index >= 15 is 0 Å². The van der Waals surface area contributed by atoms with Gasteiger partial charge in [0.05, 0.1) is 12.6 Å². The summed E-state index contributed by atoms with van der Waals surface area (Å²) in [6.45, 7) is 1.98. The fourth-order valence-corrected chi connectivity index (χ4v) is 7.30. The minimum absolute atomic E-state index is 0.00931. The number of nitrogens with zero attached hydrogens (tertiary/aromatic N) is 5. The molecule has 3 aliphatic rings. The van der Waals surface area contributed by atoms with Crippen molar-refractivity contribution < 1.29 is 19.5 Å². The molecule has 0 spiro atoms. The second kappa shape index (κ2) is 13.6. The molecule has 3 aliphatic heterocycles. The van der Waals surface area contributed by atoms with E-state index in [1.54, 1.807) is 18.1 Å². The first kappa shape index (κ1) is 30.0. The van der Waals surface area contributed by atoms with Crippen molar-refractivity contribution in [2.75, 3.05) is 40.3 Å². The van der Waals surface area contributed by atoms with Crippen LogP contribution in [0.25, 0.3) is 0 Å². The molecule has 0 saturated carbocycles. The van der Waals surface area contributed by atoms with Crippen molar-refractivity contribution in [3.63, 3.8) is 0 Å². The number of thiazole rings is 1. The number of rotatable bonds is 9. The smallest absolute Gasteiger partial charge is 0.245 e. The van der Waals surface area contributed by atoms with Crippen molar-refractivity contribution in [1.29, 1.82) is 0 Å². The molecule has 3 saturated heterocycles. The van der Waals surface area contributed by atoms with Gasteiger partial charge >= 0.3 is 0 Å². The number of aromatic nitrogens is 1. The summed E-state index contributed by atoms with van der Waals surface area (Å²) in [5, 5.41) is 19.9. The Kier molecular flexibility index (Phi) is 9.73. The van der Waals surface area contributed by atoms with Gasteiger partial charge in [-0.05, 0) is 50.0 Å². The van der Waals surface area contributed by atoms with E-state index in [9.17, 15) is 19.5 Å². The number of aryl methyl sites for hydroxylation is 1. The Hall–Kier alpha value is -3.51. The number of nitrogens with one attached hydrogen (secondary N) is 2. The summed E-state index contributed by atoms with van der Waals surface area (Å²) in [6, 6.07) is 8.19. The van der Waals surface area contributed by atoms with E-state index in [2.05, 4.69) is 37.6 Å². The summed E-state index contributed by atoms with van der Waals surface area (Å²) in [5.41, 5.74) is 1.20. The molecule has 1 aromatic heterocycles. The van der Waals surface area contributed by atoms with Crippen LogP contribution in [0.2, 0.25) is 0 Å². The van der Waals surface area contributed by atoms with Gasteiger partial charge in [-0.2, -0.15) is 0 Å². The lowest BCUT2D eigenvalue weighted by Crippen LogP contribution is -2.62. The highest BCUT2D eigenvalue weighted by Gasteiger charge is 2.49. The van der Waals surface area contributed by atoms with Crippen LogP contribution < -0.4 is 10.6 Å². The number of carbonyl (C=O) groups is 3. The number of hydrogen-bond acceptors (Lipinski definition) is 7. The van der Waals surface area contributed by atoms with Gasteiger partial charge in [-0.3, -0.25) is 19.4 Å². The number of hydrogen-bond donors (Lipinski definition) is 3. The number of piperazine rings is 1. The number of piperidine rings is 1. The van der Waals surface area contributed by atoms with Gasteiger partial charge in [0, 0.05) is 45.3 Å². The molecule has 12 heteroatoms. The lowest BCUT2D eigenvalue weighted by atomic mass is 9.86. The highest BCUT2D eigenvalue weighted by atomic mass is 32.1. The number of benzene rings is 1.